The molecule has 0 fully saturated rings. The molecule has 70 valence electrons. The molecule has 0 radical (unpaired) electrons. The fraction of sp³-hybridized carbons (Fsp3) is 0.667. The van der Waals surface area contributed by atoms with Crippen molar-refractivity contribution < 1.29 is 19.4 Å². The summed E-state index contributed by atoms with van der Waals surface area (Å²) < 4.78 is 4.20. The quantitative estimate of drug-likeness (QED) is 0.594. The Hall–Kier alpha value is -0.750. The third-order valence-electron chi connectivity index (χ3n) is 0.896. The SMILES string of the molecule is COC(=O)NC(=O)CSCCO. The number of amides is 2. The van der Waals surface area contributed by atoms with E-state index < -0.39 is 12.0 Å². The molecule has 0 aliphatic heterocycles. The normalized spacial score (nSPS) is 9.17. The van der Waals surface area contributed by atoms with Gasteiger partial charge in [-0.25, -0.2) is 4.79 Å². The van der Waals surface area contributed by atoms with Gasteiger partial charge in [0.15, 0.2) is 0 Å². The van der Waals surface area contributed by atoms with E-state index in [0.29, 0.717) is 5.75 Å². The number of rotatable bonds is 4. The zero-order valence-electron chi connectivity index (χ0n) is 6.70. The zero-order chi connectivity index (χ0) is 9.40. The monoisotopic (exact) mass is 193 g/mol. The molecular formula is C6H11NO4S. The highest BCUT2D eigenvalue weighted by Gasteiger charge is 2.05. The van der Waals surface area contributed by atoms with Gasteiger partial charge in [-0.15, -0.1) is 11.8 Å². The number of carbonyl (C=O) groups excluding carboxylic acids is 2. The fourth-order valence-electron chi connectivity index (χ4n) is 0.430. The topological polar surface area (TPSA) is 75.6 Å². The number of carbonyl (C=O) groups is 2. The number of imide groups is 1. The summed E-state index contributed by atoms with van der Waals surface area (Å²) in [6.45, 7) is 0.0240. The van der Waals surface area contributed by atoms with Crippen molar-refractivity contribution in [1.82, 2.24) is 5.32 Å². The van der Waals surface area contributed by atoms with Gasteiger partial charge in [0.05, 0.1) is 19.5 Å². The Bertz CT molecular complexity index is 162. The summed E-state index contributed by atoms with van der Waals surface area (Å²) in [6.07, 6.45) is -0.760. The molecule has 0 saturated heterocycles. The van der Waals surface area contributed by atoms with Crippen molar-refractivity contribution in [1.29, 1.82) is 0 Å². The summed E-state index contributed by atoms with van der Waals surface area (Å²) in [5.41, 5.74) is 0. The zero-order valence-corrected chi connectivity index (χ0v) is 7.52. The van der Waals surface area contributed by atoms with Crippen molar-refractivity contribution in [2.24, 2.45) is 0 Å². The van der Waals surface area contributed by atoms with Crippen LogP contribution in [-0.4, -0.2) is 42.3 Å². The lowest BCUT2D eigenvalue weighted by atomic mass is 10.7. The largest absolute Gasteiger partial charge is 0.453 e. The average molecular weight is 193 g/mol. The smallest absolute Gasteiger partial charge is 0.413 e. The van der Waals surface area contributed by atoms with Crippen molar-refractivity contribution in [2.75, 3.05) is 25.2 Å². The molecule has 0 aromatic rings. The highest BCUT2D eigenvalue weighted by atomic mass is 32.2. The van der Waals surface area contributed by atoms with E-state index in [1.165, 1.54) is 18.9 Å². The fourth-order valence-corrected chi connectivity index (χ4v) is 0.961. The number of methoxy groups -OCH3 is 1. The van der Waals surface area contributed by atoms with Crippen LogP contribution in [0.4, 0.5) is 4.79 Å². The van der Waals surface area contributed by atoms with E-state index in [-0.39, 0.29) is 12.4 Å². The van der Waals surface area contributed by atoms with Gasteiger partial charge in [0.2, 0.25) is 5.91 Å². The molecule has 0 atom stereocenters. The summed E-state index contributed by atoms with van der Waals surface area (Å²) in [5, 5.41) is 10.3. The number of alkyl carbamates (subject to hydrolysis) is 1. The lowest BCUT2D eigenvalue weighted by molar-refractivity contribution is -0.117. The standard InChI is InChI=1S/C6H11NO4S/c1-11-6(10)7-5(9)4-12-3-2-8/h8H,2-4H2,1H3,(H,7,9,10). The molecule has 0 unspecified atom stereocenters. The van der Waals surface area contributed by atoms with E-state index >= 15 is 0 Å². The highest BCUT2D eigenvalue weighted by molar-refractivity contribution is 7.99. The highest BCUT2D eigenvalue weighted by Crippen LogP contribution is 1.96. The number of thioether (sulfide) groups is 1. The molecule has 0 aliphatic rings. The maximum atomic E-state index is 10.8. The first-order valence-electron chi connectivity index (χ1n) is 3.27. The molecule has 5 nitrogen and oxygen atoms in total. The molecule has 0 aromatic heterocycles. The molecule has 12 heavy (non-hydrogen) atoms. The van der Waals surface area contributed by atoms with E-state index in [9.17, 15) is 9.59 Å². The average Bonchev–Trinajstić information content (AvgIpc) is 2.05. The van der Waals surface area contributed by atoms with Gasteiger partial charge in [0, 0.05) is 5.75 Å². The van der Waals surface area contributed by atoms with Crippen molar-refractivity contribution >= 4 is 23.8 Å². The number of ether oxygens (including phenoxy) is 1. The van der Waals surface area contributed by atoms with Gasteiger partial charge < -0.3 is 9.84 Å². The summed E-state index contributed by atoms with van der Waals surface area (Å²) in [7, 11) is 1.18. The van der Waals surface area contributed by atoms with Crippen molar-refractivity contribution in [3.63, 3.8) is 0 Å². The Labute approximate surface area is 74.5 Å². The van der Waals surface area contributed by atoms with Gasteiger partial charge in [-0.2, -0.15) is 0 Å². The van der Waals surface area contributed by atoms with E-state index in [0.717, 1.165) is 0 Å². The third-order valence-corrected chi connectivity index (χ3v) is 1.83. The first kappa shape index (κ1) is 11.2. The van der Waals surface area contributed by atoms with Crippen LogP contribution in [0.25, 0.3) is 0 Å². The van der Waals surface area contributed by atoms with Gasteiger partial charge >= 0.3 is 6.09 Å². The molecule has 2 amide bonds. The van der Waals surface area contributed by atoms with Crippen LogP contribution in [0.1, 0.15) is 0 Å². The minimum Gasteiger partial charge on any atom is -0.453 e. The Kier molecular flexibility index (Phi) is 6.50. The van der Waals surface area contributed by atoms with Crippen molar-refractivity contribution in [3.8, 4) is 0 Å². The maximum absolute atomic E-state index is 10.8. The number of nitrogens with one attached hydrogen (secondary N) is 1. The van der Waals surface area contributed by atoms with Gasteiger partial charge in [-0.3, -0.25) is 10.1 Å². The Morgan fingerprint density at radius 1 is 1.58 bits per heavy atom. The molecule has 0 aromatic carbocycles. The maximum Gasteiger partial charge on any atom is 0.413 e. The van der Waals surface area contributed by atoms with Crippen LogP contribution in [0.5, 0.6) is 0 Å². The van der Waals surface area contributed by atoms with Gasteiger partial charge in [0.25, 0.3) is 0 Å². The number of hydrogen-bond donors (Lipinski definition) is 2. The predicted molar refractivity (Wildman–Crippen MR) is 45.0 cm³/mol. The number of hydrogen-bond acceptors (Lipinski definition) is 5. The number of aliphatic hydroxyl groups is 1. The summed E-state index contributed by atoms with van der Waals surface area (Å²) >= 11 is 1.24. The summed E-state index contributed by atoms with van der Waals surface area (Å²) in [6, 6.07) is 0. The summed E-state index contributed by atoms with van der Waals surface area (Å²) in [5.74, 6) is 0.213. The molecule has 0 spiro atoms. The van der Waals surface area contributed by atoms with Crippen molar-refractivity contribution in [3.05, 3.63) is 0 Å². The van der Waals surface area contributed by atoms with Crippen LogP contribution in [0.15, 0.2) is 0 Å². The molecule has 0 rings (SSSR count). The van der Waals surface area contributed by atoms with Crippen LogP contribution < -0.4 is 5.32 Å². The molecule has 2 N–H and O–H groups in total. The molecule has 0 bridgehead atoms. The predicted octanol–water partition coefficient (Wildman–Crippen LogP) is -0.406. The molecular weight excluding hydrogens is 182 g/mol. The molecule has 0 heterocycles. The minimum atomic E-state index is -0.760. The van der Waals surface area contributed by atoms with Crippen molar-refractivity contribution in [2.45, 2.75) is 0 Å². The Morgan fingerprint density at radius 2 is 2.25 bits per heavy atom. The summed E-state index contributed by atoms with van der Waals surface area (Å²) in [4.78, 5) is 21.2. The van der Waals surface area contributed by atoms with Crippen LogP contribution in [-0.2, 0) is 9.53 Å². The van der Waals surface area contributed by atoms with Gasteiger partial charge in [0.1, 0.15) is 0 Å². The number of aliphatic hydroxyl groups excluding tert-OH is 1. The first-order valence-corrected chi connectivity index (χ1v) is 4.42. The van der Waals surface area contributed by atoms with E-state index in [1.807, 2.05) is 5.32 Å². The second-order valence-electron chi connectivity index (χ2n) is 1.82. The molecule has 0 aliphatic carbocycles. The van der Waals surface area contributed by atoms with E-state index in [2.05, 4.69) is 4.74 Å². The second-order valence-corrected chi connectivity index (χ2v) is 2.92. The van der Waals surface area contributed by atoms with E-state index in [1.54, 1.807) is 0 Å². The minimum absolute atomic E-state index is 0.0240. The molecule has 6 heteroatoms. The van der Waals surface area contributed by atoms with Crippen LogP contribution >= 0.6 is 11.8 Å². The molecule has 0 saturated carbocycles. The van der Waals surface area contributed by atoms with Crippen LogP contribution in [0.3, 0.4) is 0 Å². The van der Waals surface area contributed by atoms with Gasteiger partial charge in [-0.1, -0.05) is 0 Å². The van der Waals surface area contributed by atoms with Crippen LogP contribution in [0, 0.1) is 0 Å². The lowest BCUT2D eigenvalue weighted by Crippen LogP contribution is -2.31. The van der Waals surface area contributed by atoms with Crippen LogP contribution in [0.2, 0.25) is 0 Å². The first-order chi connectivity index (χ1) is 5.70. The lowest BCUT2D eigenvalue weighted by Gasteiger charge is -2.00. The second kappa shape index (κ2) is 6.93. The third kappa shape index (κ3) is 5.99. The van der Waals surface area contributed by atoms with Gasteiger partial charge in [-0.05, 0) is 0 Å². The Balaban J connectivity index is 3.40. The van der Waals surface area contributed by atoms with E-state index in [4.69, 9.17) is 5.11 Å². The Morgan fingerprint density at radius 3 is 2.75 bits per heavy atom.